The van der Waals surface area contributed by atoms with Crippen LogP contribution in [-0.2, 0) is 21.6 Å². The molecular formula is C21H21NO4. The number of anilines is 1. The summed E-state index contributed by atoms with van der Waals surface area (Å²) in [5.74, 6) is -0.742. The van der Waals surface area contributed by atoms with Crippen LogP contribution >= 0.6 is 0 Å². The lowest BCUT2D eigenvalue weighted by Crippen LogP contribution is -2.42. The van der Waals surface area contributed by atoms with E-state index in [2.05, 4.69) is 12.2 Å². The molecule has 4 rings (SSSR count). The second kappa shape index (κ2) is 5.95. The summed E-state index contributed by atoms with van der Waals surface area (Å²) in [5.41, 5.74) is 1.34. The van der Waals surface area contributed by atoms with Crippen molar-refractivity contribution in [1.82, 2.24) is 0 Å². The largest absolute Gasteiger partial charge is 0.457 e. The van der Waals surface area contributed by atoms with Crippen LogP contribution in [0.2, 0.25) is 0 Å². The van der Waals surface area contributed by atoms with E-state index in [0.29, 0.717) is 24.1 Å². The van der Waals surface area contributed by atoms with E-state index in [-0.39, 0.29) is 18.0 Å². The number of hydrogen-bond acceptors (Lipinski definition) is 4. The van der Waals surface area contributed by atoms with Gasteiger partial charge in [-0.05, 0) is 48.4 Å². The first kappa shape index (κ1) is 16.8. The van der Waals surface area contributed by atoms with Gasteiger partial charge >= 0.3 is 5.97 Å². The molecule has 2 N–H and O–H groups in total. The van der Waals surface area contributed by atoms with Gasteiger partial charge in [-0.3, -0.25) is 4.79 Å². The van der Waals surface area contributed by atoms with Crippen molar-refractivity contribution in [2.24, 2.45) is 0 Å². The summed E-state index contributed by atoms with van der Waals surface area (Å²) in [7, 11) is 0. The lowest BCUT2D eigenvalue weighted by Gasteiger charge is -2.27. The quantitative estimate of drug-likeness (QED) is 0.833. The molecule has 2 unspecified atom stereocenters. The van der Waals surface area contributed by atoms with Crippen LogP contribution < -0.4 is 5.32 Å². The summed E-state index contributed by atoms with van der Waals surface area (Å²) in [5, 5.41) is 13.8. The molecule has 5 heteroatoms. The Hall–Kier alpha value is -2.66. The Morgan fingerprint density at radius 3 is 2.69 bits per heavy atom. The number of fused-ring (bicyclic) bond motifs is 1. The number of aliphatic hydroxyl groups is 1. The normalized spacial score (nSPS) is 27.1. The molecule has 2 atom stereocenters. The Kier molecular flexibility index (Phi) is 3.84. The van der Waals surface area contributed by atoms with Crippen LogP contribution in [-0.4, -0.2) is 22.6 Å². The van der Waals surface area contributed by atoms with Gasteiger partial charge in [0.1, 0.15) is 12.2 Å². The van der Waals surface area contributed by atoms with Gasteiger partial charge in [0.25, 0.3) is 5.91 Å². The number of cyclic esters (lactones) is 1. The molecule has 0 spiro atoms. The lowest BCUT2D eigenvalue weighted by atomic mass is 9.79. The fourth-order valence-corrected chi connectivity index (χ4v) is 4.04. The predicted molar refractivity (Wildman–Crippen MR) is 96.8 cm³/mol. The van der Waals surface area contributed by atoms with Gasteiger partial charge < -0.3 is 15.2 Å². The number of amides is 1. The standard InChI is InChI=1S/C21H21NO4/c1-20(15-5-3-2-4-6-15)9-10-21(25,13-20)19(24)22-16-7-8-17-14(11-16)12-26-18(17)23/h2-8,11,25H,9-10,12-13H2,1H3,(H,22,24). The highest BCUT2D eigenvalue weighted by atomic mass is 16.5. The van der Waals surface area contributed by atoms with Gasteiger partial charge in [-0.25, -0.2) is 4.79 Å². The predicted octanol–water partition coefficient (Wildman–Crippen LogP) is 3.17. The van der Waals surface area contributed by atoms with Crippen LogP contribution in [0.5, 0.6) is 0 Å². The van der Waals surface area contributed by atoms with E-state index in [4.69, 9.17) is 4.74 Å². The Morgan fingerprint density at radius 2 is 1.92 bits per heavy atom. The zero-order chi connectivity index (χ0) is 18.4. The Morgan fingerprint density at radius 1 is 1.15 bits per heavy atom. The molecule has 1 saturated carbocycles. The first-order chi connectivity index (χ1) is 12.4. The van der Waals surface area contributed by atoms with Gasteiger partial charge in [0.05, 0.1) is 5.56 Å². The number of ether oxygens (including phenoxy) is 1. The Bertz CT molecular complexity index is 879. The van der Waals surface area contributed by atoms with Crippen LogP contribution in [0.1, 0.15) is 47.7 Å². The summed E-state index contributed by atoms with van der Waals surface area (Å²) in [6.07, 6.45) is 1.53. The second-order valence-corrected chi connectivity index (χ2v) is 7.54. The number of rotatable bonds is 3. The van der Waals surface area contributed by atoms with Gasteiger partial charge in [-0.2, -0.15) is 0 Å². The first-order valence-electron chi connectivity index (χ1n) is 8.79. The van der Waals surface area contributed by atoms with Crippen molar-refractivity contribution in [3.63, 3.8) is 0 Å². The first-order valence-corrected chi connectivity index (χ1v) is 8.79. The summed E-state index contributed by atoms with van der Waals surface area (Å²) in [4.78, 5) is 24.3. The molecule has 1 amide bonds. The van der Waals surface area contributed by atoms with Crippen molar-refractivity contribution in [3.05, 3.63) is 65.2 Å². The third-order valence-corrected chi connectivity index (χ3v) is 5.61. The van der Waals surface area contributed by atoms with Gasteiger partial charge in [0, 0.05) is 11.3 Å². The van der Waals surface area contributed by atoms with Crippen LogP contribution in [0.15, 0.2) is 48.5 Å². The third-order valence-electron chi connectivity index (χ3n) is 5.61. The summed E-state index contributed by atoms with van der Waals surface area (Å²) in [6.45, 7) is 2.31. The minimum absolute atomic E-state index is 0.216. The maximum Gasteiger partial charge on any atom is 0.338 e. The molecule has 1 fully saturated rings. The monoisotopic (exact) mass is 351 g/mol. The molecule has 2 aliphatic rings. The fraction of sp³-hybridized carbons (Fsp3) is 0.333. The number of hydrogen-bond donors (Lipinski definition) is 2. The molecular weight excluding hydrogens is 330 g/mol. The van der Waals surface area contributed by atoms with Crippen molar-refractivity contribution >= 4 is 17.6 Å². The van der Waals surface area contributed by atoms with E-state index in [0.717, 1.165) is 17.5 Å². The van der Waals surface area contributed by atoms with E-state index in [9.17, 15) is 14.7 Å². The molecule has 0 bridgehead atoms. The molecule has 1 heterocycles. The van der Waals surface area contributed by atoms with Gasteiger partial charge in [-0.15, -0.1) is 0 Å². The van der Waals surface area contributed by atoms with Crippen molar-refractivity contribution in [2.45, 2.75) is 43.8 Å². The topological polar surface area (TPSA) is 75.6 Å². The average molecular weight is 351 g/mol. The zero-order valence-electron chi connectivity index (χ0n) is 14.6. The SMILES string of the molecule is CC1(c2ccccc2)CCC(O)(C(=O)Nc2ccc3c(c2)COC3=O)C1. The van der Waals surface area contributed by atoms with Crippen LogP contribution in [0.25, 0.3) is 0 Å². The molecule has 1 aliphatic heterocycles. The molecule has 2 aromatic rings. The van der Waals surface area contributed by atoms with Crippen molar-refractivity contribution in [1.29, 1.82) is 0 Å². The number of nitrogens with one attached hydrogen (secondary N) is 1. The lowest BCUT2D eigenvalue weighted by molar-refractivity contribution is -0.133. The number of esters is 1. The Balaban J connectivity index is 1.51. The molecule has 1 aliphatic carbocycles. The zero-order valence-corrected chi connectivity index (χ0v) is 14.6. The minimum Gasteiger partial charge on any atom is -0.457 e. The highest BCUT2D eigenvalue weighted by Gasteiger charge is 2.49. The van der Waals surface area contributed by atoms with Crippen molar-refractivity contribution in [2.75, 3.05) is 5.32 Å². The summed E-state index contributed by atoms with van der Waals surface area (Å²) >= 11 is 0. The van der Waals surface area contributed by atoms with Gasteiger partial charge in [0.15, 0.2) is 0 Å². The Labute approximate surface area is 152 Å². The molecule has 134 valence electrons. The number of carbonyl (C=O) groups excluding carboxylic acids is 2. The van der Waals surface area contributed by atoms with Crippen LogP contribution in [0, 0.1) is 0 Å². The molecule has 26 heavy (non-hydrogen) atoms. The maximum absolute atomic E-state index is 12.8. The van der Waals surface area contributed by atoms with Crippen LogP contribution in [0.3, 0.4) is 0 Å². The van der Waals surface area contributed by atoms with E-state index in [1.807, 2.05) is 30.3 Å². The maximum atomic E-state index is 12.8. The number of benzene rings is 2. The van der Waals surface area contributed by atoms with E-state index in [1.54, 1.807) is 18.2 Å². The average Bonchev–Trinajstić information content (AvgIpc) is 3.17. The van der Waals surface area contributed by atoms with Gasteiger partial charge in [-0.1, -0.05) is 37.3 Å². The van der Waals surface area contributed by atoms with Gasteiger partial charge in [0.2, 0.25) is 0 Å². The summed E-state index contributed by atoms with van der Waals surface area (Å²) < 4.78 is 4.98. The minimum atomic E-state index is -1.41. The van der Waals surface area contributed by atoms with Crippen molar-refractivity contribution in [3.8, 4) is 0 Å². The van der Waals surface area contributed by atoms with E-state index >= 15 is 0 Å². The molecule has 5 nitrogen and oxygen atoms in total. The van der Waals surface area contributed by atoms with Crippen LogP contribution in [0.4, 0.5) is 5.69 Å². The fourth-order valence-electron chi connectivity index (χ4n) is 4.04. The second-order valence-electron chi connectivity index (χ2n) is 7.54. The van der Waals surface area contributed by atoms with E-state index < -0.39 is 11.5 Å². The third kappa shape index (κ3) is 2.78. The van der Waals surface area contributed by atoms with E-state index in [1.165, 1.54) is 0 Å². The van der Waals surface area contributed by atoms with Crippen molar-refractivity contribution < 1.29 is 19.4 Å². The molecule has 0 radical (unpaired) electrons. The summed E-state index contributed by atoms with van der Waals surface area (Å²) in [6, 6.07) is 15.0. The molecule has 2 aromatic carbocycles. The highest BCUT2D eigenvalue weighted by molar-refractivity contribution is 5.99. The molecule has 0 saturated heterocycles. The highest BCUT2D eigenvalue weighted by Crippen LogP contribution is 2.46. The molecule has 0 aromatic heterocycles. The number of carbonyl (C=O) groups is 2. The smallest absolute Gasteiger partial charge is 0.338 e.